The van der Waals surface area contributed by atoms with Gasteiger partial charge in [-0.3, -0.25) is 4.79 Å². The standard InChI is InChI=1S/C21H25FN2OS/c1-23(21(25)13-15-26-20-11-9-17(22)10-12-20)19-8-5-14-24(16-19)18-6-3-2-4-7-18/h2-4,6-7,9-12,19H,5,8,13-16H2,1H3. The van der Waals surface area contributed by atoms with Crippen molar-refractivity contribution in [3.05, 3.63) is 60.4 Å². The van der Waals surface area contributed by atoms with Gasteiger partial charge in [0.2, 0.25) is 5.91 Å². The average molecular weight is 373 g/mol. The molecule has 26 heavy (non-hydrogen) atoms. The first-order chi connectivity index (χ1) is 12.6. The molecule has 1 fully saturated rings. The Balaban J connectivity index is 1.48. The fourth-order valence-electron chi connectivity index (χ4n) is 3.31. The molecular formula is C21H25FN2OS. The minimum Gasteiger partial charge on any atom is -0.369 e. The number of amides is 1. The number of likely N-dealkylation sites (N-methyl/N-ethyl adjacent to an activating group) is 1. The number of hydrogen-bond acceptors (Lipinski definition) is 3. The van der Waals surface area contributed by atoms with Crippen molar-refractivity contribution in [3.63, 3.8) is 0 Å². The maximum absolute atomic E-state index is 12.9. The number of benzene rings is 2. The Kier molecular flexibility index (Phi) is 6.56. The number of halogens is 1. The lowest BCUT2D eigenvalue weighted by atomic mass is 10.0. The van der Waals surface area contributed by atoms with Gasteiger partial charge in [0.05, 0.1) is 0 Å². The Hall–Kier alpha value is -2.01. The molecule has 0 spiro atoms. The monoisotopic (exact) mass is 372 g/mol. The zero-order chi connectivity index (χ0) is 18.4. The number of rotatable bonds is 6. The van der Waals surface area contributed by atoms with Crippen LogP contribution in [0.25, 0.3) is 0 Å². The van der Waals surface area contributed by atoms with Crippen LogP contribution in [0.3, 0.4) is 0 Å². The van der Waals surface area contributed by atoms with Crippen molar-refractivity contribution >= 4 is 23.4 Å². The predicted molar refractivity (Wildman–Crippen MR) is 106 cm³/mol. The van der Waals surface area contributed by atoms with Crippen molar-refractivity contribution < 1.29 is 9.18 Å². The van der Waals surface area contributed by atoms with Gasteiger partial charge in [-0.15, -0.1) is 11.8 Å². The molecule has 1 amide bonds. The van der Waals surface area contributed by atoms with Crippen LogP contribution in [0, 0.1) is 5.82 Å². The Bertz CT molecular complexity index is 708. The van der Waals surface area contributed by atoms with E-state index in [0.717, 1.165) is 30.8 Å². The molecule has 5 heteroatoms. The van der Waals surface area contributed by atoms with Crippen molar-refractivity contribution in [2.75, 3.05) is 30.8 Å². The van der Waals surface area contributed by atoms with Crippen LogP contribution in [0.2, 0.25) is 0 Å². The number of anilines is 1. The summed E-state index contributed by atoms with van der Waals surface area (Å²) in [6.07, 6.45) is 2.65. The normalized spacial score (nSPS) is 17.2. The fraction of sp³-hybridized carbons (Fsp3) is 0.381. The van der Waals surface area contributed by atoms with E-state index in [2.05, 4.69) is 29.2 Å². The van der Waals surface area contributed by atoms with Crippen LogP contribution in [0.1, 0.15) is 19.3 Å². The molecule has 2 aromatic rings. The summed E-state index contributed by atoms with van der Waals surface area (Å²) in [5.74, 6) is 0.661. The molecule has 2 aromatic carbocycles. The van der Waals surface area contributed by atoms with E-state index >= 15 is 0 Å². The van der Waals surface area contributed by atoms with E-state index < -0.39 is 0 Å². The van der Waals surface area contributed by atoms with Crippen molar-refractivity contribution in [2.45, 2.75) is 30.2 Å². The average Bonchev–Trinajstić information content (AvgIpc) is 2.69. The Morgan fingerprint density at radius 3 is 2.65 bits per heavy atom. The molecule has 0 aromatic heterocycles. The van der Waals surface area contributed by atoms with Crippen molar-refractivity contribution in [1.82, 2.24) is 4.90 Å². The fourth-order valence-corrected chi connectivity index (χ4v) is 4.15. The SMILES string of the molecule is CN(C(=O)CCSc1ccc(F)cc1)C1CCCN(c2ccccc2)C1. The topological polar surface area (TPSA) is 23.6 Å². The summed E-state index contributed by atoms with van der Waals surface area (Å²) in [4.78, 5) is 17.8. The second-order valence-electron chi connectivity index (χ2n) is 6.63. The van der Waals surface area contributed by atoms with Gasteiger partial charge in [0.1, 0.15) is 5.82 Å². The zero-order valence-corrected chi connectivity index (χ0v) is 15.9. The van der Waals surface area contributed by atoms with Crippen LogP contribution in [-0.2, 0) is 4.79 Å². The largest absolute Gasteiger partial charge is 0.369 e. The van der Waals surface area contributed by atoms with Gasteiger partial charge < -0.3 is 9.80 Å². The molecule has 1 unspecified atom stereocenters. The third-order valence-corrected chi connectivity index (χ3v) is 5.87. The Labute approximate surface area is 159 Å². The lowest BCUT2D eigenvalue weighted by Gasteiger charge is -2.39. The second kappa shape index (κ2) is 9.08. The number of para-hydroxylation sites is 1. The highest BCUT2D eigenvalue weighted by Crippen LogP contribution is 2.23. The van der Waals surface area contributed by atoms with E-state index in [-0.39, 0.29) is 17.8 Å². The number of hydrogen-bond donors (Lipinski definition) is 0. The van der Waals surface area contributed by atoms with Gasteiger partial charge in [-0.1, -0.05) is 18.2 Å². The third kappa shape index (κ3) is 5.01. The minimum atomic E-state index is -0.231. The minimum absolute atomic E-state index is 0.180. The molecular weight excluding hydrogens is 347 g/mol. The number of carbonyl (C=O) groups is 1. The van der Waals surface area contributed by atoms with Crippen molar-refractivity contribution in [1.29, 1.82) is 0 Å². The summed E-state index contributed by atoms with van der Waals surface area (Å²) in [6.45, 7) is 1.93. The maximum Gasteiger partial charge on any atom is 0.223 e. The number of thioether (sulfide) groups is 1. The predicted octanol–water partition coefficient (Wildman–Crippen LogP) is 4.44. The molecule has 0 radical (unpaired) electrons. The summed E-state index contributed by atoms with van der Waals surface area (Å²) in [5, 5.41) is 0. The van der Waals surface area contributed by atoms with Crippen molar-refractivity contribution in [2.24, 2.45) is 0 Å². The quantitative estimate of drug-likeness (QED) is 0.701. The van der Waals surface area contributed by atoms with Crippen LogP contribution in [-0.4, -0.2) is 42.7 Å². The molecule has 0 N–H and O–H groups in total. The zero-order valence-electron chi connectivity index (χ0n) is 15.1. The van der Waals surface area contributed by atoms with Crippen LogP contribution in [0.15, 0.2) is 59.5 Å². The van der Waals surface area contributed by atoms with E-state index in [1.54, 1.807) is 23.9 Å². The highest BCUT2D eigenvalue weighted by atomic mass is 32.2. The highest BCUT2D eigenvalue weighted by Gasteiger charge is 2.26. The second-order valence-corrected chi connectivity index (χ2v) is 7.80. The lowest BCUT2D eigenvalue weighted by molar-refractivity contribution is -0.131. The molecule has 0 aliphatic carbocycles. The molecule has 0 saturated carbocycles. The number of piperidine rings is 1. The van der Waals surface area contributed by atoms with Gasteiger partial charge in [-0.2, -0.15) is 0 Å². The van der Waals surface area contributed by atoms with Crippen LogP contribution < -0.4 is 4.90 Å². The van der Waals surface area contributed by atoms with E-state index in [4.69, 9.17) is 0 Å². The maximum atomic E-state index is 12.9. The smallest absolute Gasteiger partial charge is 0.223 e. The molecule has 1 aliphatic rings. The molecule has 1 heterocycles. The first-order valence-corrected chi connectivity index (χ1v) is 10.1. The third-order valence-electron chi connectivity index (χ3n) is 4.86. The van der Waals surface area contributed by atoms with Gasteiger partial charge in [-0.25, -0.2) is 4.39 Å². The summed E-state index contributed by atoms with van der Waals surface area (Å²) in [6, 6.07) is 17.1. The number of carbonyl (C=O) groups excluding carboxylic acids is 1. The summed E-state index contributed by atoms with van der Waals surface area (Å²) in [7, 11) is 1.92. The molecule has 3 rings (SSSR count). The molecule has 1 atom stereocenters. The van der Waals surface area contributed by atoms with Gasteiger partial charge >= 0.3 is 0 Å². The first kappa shape index (κ1) is 18.8. The van der Waals surface area contributed by atoms with Crippen molar-refractivity contribution in [3.8, 4) is 0 Å². The van der Waals surface area contributed by atoms with Gasteiger partial charge in [0.15, 0.2) is 0 Å². The van der Waals surface area contributed by atoms with E-state index in [9.17, 15) is 9.18 Å². The lowest BCUT2D eigenvalue weighted by Crippen LogP contribution is -2.48. The molecule has 1 aliphatic heterocycles. The highest BCUT2D eigenvalue weighted by molar-refractivity contribution is 7.99. The van der Waals surface area contributed by atoms with Gasteiger partial charge in [0, 0.05) is 48.9 Å². The van der Waals surface area contributed by atoms with E-state index in [0.29, 0.717) is 12.2 Å². The summed E-state index contributed by atoms with van der Waals surface area (Å²) < 4.78 is 12.9. The molecule has 138 valence electrons. The van der Waals surface area contributed by atoms with Crippen LogP contribution >= 0.6 is 11.8 Å². The van der Waals surface area contributed by atoms with Gasteiger partial charge in [-0.05, 0) is 49.2 Å². The Morgan fingerprint density at radius 1 is 1.19 bits per heavy atom. The molecule has 0 bridgehead atoms. The van der Waals surface area contributed by atoms with E-state index in [1.807, 2.05) is 18.0 Å². The van der Waals surface area contributed by atoms with Gasteiger partial charge in [0.25, 0.3) is 0 Å². The number of nitrogens with zero attached hydrogens (tertiary/aromatic N) is 2. The van der Waals surface area contributed by atoms with Crippen LogP contribution in [0.4, 0.5) is 10.1 Å². The van der Waals surface area contributed by atoms with Crippen LogP contribution in [0.5, 0.6) is 0 Å². The Morgan fingerprint density at radius 2 is 1.92 bits per heavy atom. The molecule has 3 nitrogen and oxygen atoms in total. The molecule has 1 saturated heterocycles. The first-order valence-electron chi connectivity index (χ1n) is 9.07. The summed E-state index contributed by atoms with van der Waals surface area (Å²) in [5.41, 5.74) is 1.23. The summed E-state index contributed by atoms with van der Waals surface area (Å²) >= 11 is 1.59. The van der Waals surface area contributed by atoms with E-state index in [1.165, 1.54) is 17.8 Å².